The second-order valence-corrected chi connectivity index (χ2v) is 8.30. The number of Topliss-reactive ketones (excluding diaryl/α,β-unsaturated/α-hetero) is 1. The number of benzene rings is 1. The number of rotatable bonds is 6. The maximum absolute atomic E-state index is 13.1. The van der Waals surface area contributed by atoms with Crippen molar-refractivity contribution in [2.45, 2.75) is 19.9 Å². The van der Waals surface area contributed by atoms with Crippen LogP contribution in [0.15, 0.2) is 70.8 Å². The summed E-state index contributed by atoms with van der Waals surface area (Å²) >= 11 is 1.61. The molecule has 1 N–H and O–H groups in total. The Labute approximate surface area is 184 Å². The van der Waals surface area contributed by atoms with Gasteiger partial charge in [0.15, 0.2) is 11.5 Å². The van der Waals surface area contributed by atoms with E-state index < -0.39 is 23.6 Å². The molecule has 3 aromatic rings. The van der Waals surface area contributed by atoms with Gasteiger partial charge in [-0.3, -0.25) is 14.5 Å². The van der Waals surface area contributed by atoms with Gasteiger partial charge >= 0.3 is 0 Å². The largest absolute Gasteiger partial charge is 0.503 e. The number of carbonyl (C=O) groups excluding carboxylic acids is 2. The molecular formula is C24H22N2O4S. The van der Waals surface area contributed by atoms with E-state index in [1.165, 1.54) is 12.0 Å². The minimum absolute atomic E-state index is 0.0632. The Morgan fingerprint density at radius 2 is 1.90 bits per heavy atom. The summed E-state index contributed by atoms with van der Waals surface area (Å²) in [5.41, 5.74) is 3.27. The van der Waals surface area contributed by atoms with Crippen molar-refractivity contribution >= 4 is 28.7 Å². The zero-order valence-electron chi connectivity index (χ0n) is 17.4. The highest BCUT2D eigenvalue weighted by atomic mass is 32.1. The van der Waals surface area contributed by atoms with Crippen molar-refractivity contribution in [2.24, 2.45) is 5.92 Å². The van der Waals surface area contributed by atoms with Crippen LogP contribution in [0.3, 0.4) is 0 Å². The number of thiophene rings is 1. The Morgan fingerprint density at radius 1 is 1.16 bits per heavy atom. The highest BCUT2D eigenvalue weighted by Gasteiger charge is 2.46. The second-order valence-electron chi connectivity index (χ2n) is 7.52. The standard InChI is InChI=1S/C24H22N2O4S/c1-14(2)21(27)19-20(18-5-4-11-25-23(18)30-3)26(24(29)22(19)28)17-8-6-15(7-9-17)16-10-12-31-13-16/h4-14,20,28H,1-3H3. The first-order chi connectivity index (χ1) is 14.9. The molecule has 0 radical (unpaired) electrons. The van der Waals surface area contributed by atoms with Gasteiger partial charge in [0.1, 0.15) is 6.04 Å². The summed E-state index contributed by atoms with van der Waals surface area (Å²) in [6.07, 6.45) is 1.58. The van der Waals surface area contributed by atoms with Crippen LogP contribution in [0.5, 0.6) is 5.88 Å². The molecule has 0 bridgehead atoms. The molecule has 1 amide bonds. The van der Waals surface area contributed by atoms with E-state index in [0.717, 1.165) is 11.1 Å². The summed E-state index contributed by atoms with van der Waals surface area (Å²) in [5, 5.41) is 14.8. The van der Waals surface area contributed by atoms with Crippen LogP contribution in [0.25, 0.3) is 11.1 Å². The average molecular weight is 435 g/mol. The van der Waals surface area contributed by atoms with E-state index in [4.69, 9.17) is 4.74 Å². The molecule has 4 rings (SSSR count). The molecule has 1 aromatic carbocycles. The van der Waals surface area contributed by atoms with E-state index >= 15 is 0 Å². The Balaban J connectivity index is 1.84. The number of amides is 1. The number of ketones is 1. The fourth-order valence-corrected chi connectivity index (χ4v) is 4.42. The van der Waals surface area contributed by atoms with Gasteiger partial charge in [0.2, 0.25) is 5.88 Å². The first kappa shape index (κ1) is 20.8. The topological polar surface area (TPSA) is 79.7 Å². The maximum Gasteiger partial charge on any atom is 0.294 e. The molecule has 2 aromatic heterocycles. The van der Waals surface area contributed by atoms with Crippen molar-refractivity contribution < 1.29 is 19.4 Å². The van der Waals surface area contributed by atoms with Crippen molar-refractivity contribution in [2.75, 3.05) is 12.0 Å². The first-order valence-corrected chi connectivity index (χ1v) is 10.8. The normalized spacial score (nSPS) is 16.3. The van der Waals surface area contributed by atoms with E-state index in [1.54, 1.807) is 43.5 Å². The molecule has 3 heterocycles. The quantitative estimate of drug-likeness (QED) is 0.594. The van der Waals surface area contributed by atoms with Gasteiger partial charge in [-0.15, -0.1) is 0 Å². The number of aliphatic hydroxyl groups excluding tert-OH is 1. The number of pyridine rings is 1. The Bertz CT molecular complexity index is 1150. The lowest BCUT2D eigenvalue weighted by atomic mass is 9.91. The third-order valence-electron chi connectivity index (χ3n) is 5.29. The Morgan fingerprint density at radius 3 is 2.52 bits per heavy atom. The van der Waals surface area contributed by atoms with E-state index in [0.29, 0.717) is 17.1 Å². The lowest BCUT2D eigenvalue weighted by molar-refractivity contribution is -0.119. The van der Waals surface area contributed by atoms with Gasteiger partial charge < -0.3 is 9.84 Å². The average Bonchev–Trinajstić information content (AvgIpc) is 3.41. The van der Waals surface area contributed by atoms with E-state index in [9.17, 15) is 14.7 Å². The first-order valence-electron chi connectivity index (χ1n) is 9.86. The molecule has 1 aliphatic rings. The number of nitrogens with zero attached hydrogens (tertiary/aromatic N) is 2. The number of hydrogen-bond donors (Lipinski definition) is 1. The molecular weight excluding hydrogens is 412 g/mol. The highest BCUT2D eigenvalue weighted by molar-refractivity contribution is 7.08. The number of aliphatic hydroxyl groups is 1. The third kappa shape index (κ3) is 3.61. The number of ether oxygens (including phenoxy) is 1. The van der Waals surface area contributed by atoms with E-state index in [1.807, 2.05) is 41.1 Å². The molecule has 31 heavy (non-hydrogen) atoms. The molecule has 1 unspecified atom stereocenters. The second kappa shape index (κ2) is 8.35. The van der Waals surface area contributed by atoms with Crippen molar-refractivity contribution in [3.8, 4) is 17.0 Å². The maximum atomic E-state index is 13.1. The number of hydrogen-bond acceptors (Lipinski definition) is 6. The predicted molar refractivity (Wildman–Crippen MR) is 120 cm³/mol. The molecule has 0 fully saturated rings. The van der Waals surface area contributed by atoms with Crippen molar-refractivity contribution in [1.82, 2.24) is 4.98 Å². The van der Waals surface area contributed by atoms with Crippen LogP contribution < -0.4 is 9.64 Å². The van der Waals surface area contributed by atoms with Crippen LogP contribution >= 0.6 is 11.3 Å². The van der Waals surface area contributed by atoms with Crippen molar-refractivity contribution in [3.05, 3.63) is 76.3 Å². The highest BCUT2D eigenvalue weighted by Crippen LogP contribution is 2.44. The molecule has 0 spiro atoms. The number of anilines is 1. The smallest absolute Gasteiger partial charge is 0.294 e. The third-order valence-corrected chi connectivity index (χ3v) is 5.97. The fourth-order valence-electron chi connectivity index (χ4n) is 3.75. The van der Waals surface area contributed by atoms with Crippen LogP contribution in [0.1, 0.15) is 25.5 Å². The lowest BCUT2D eigenvalue weighted by Crippen LogP contribution is -2.31. The molecule has 0 saturated heterocycles. The van der Waals surface area contributed by atoms with Gasteiger partial charge in [-0.2, -0.15) is 11.3 Å². The molecule has 0 saturated carbocycles. The predicted octanol–water partition coefficient (Wildman–Crippen LogP) is 4.94. The Kier molecular flexibility index (Phi) is 5.61. The zero-order valence-corrected chi connectivity index (χ0v) is 18.2. The summed E-state index contributed by atoms with van der Waals surface area (Å²) in [4.78, 5) is 31.8. The van der Waals surface area contributed by atoms with Gasteiger partial charge in [0.05, 0.1) is 12.7 Å². The summed E-state index contributed by atoms with van der Waals surface area (Å²) in [7, 11) is 1.48. The van der Waals surface area contributed by atoms with E-state index in [2.05, 4.69) is 4.98 Å². The summed E-state index contributed by atoms with van der Waals surface area (Å²) in [5.74, 6) is -1.54. The zero-order chi connectivity index (χ0) is 22.1. The van der Waals surface area contributed by atoms with E-state index in [-0.39, 0.29) is 11.4 Å². The van der Waals surface area contributed by atoms with Crippen LogP contribution in [0, 0.1) is 5.92 Å². The van der Waals surface area contributed by atoms with Crippen LogP contribution in [0.4, 0.5) is 5.69 Å². The Hall–Kier alpha value is -3.45. The minimum Gasteiger partial charge on any atom is -0.503 e. The summed E-state index contributed by atoms with van der Waals surface area (Å²) < 4.78 is 5.41. The number of carbonyl (C=O) groups is 2. The van der Waals surface area contributed by atoms with Crippen LogP contribution in [0.2, 0.25) is 0 Å². The summed E-state index contributed by atoms with van der Waals surface area (Å²) in [6, 6.07) is 12.1. The van der Waals surface area contributed by atoms with Gasteiger partial charge in [-0.1, -0.05) is 26.0 Å². The summed E-state index contributed by atoms with van der Waals surface area (Å²) in [6.45, 7) is 3.48. The van der Waals surface area contributed by atoms with Gasteiger partial charge in [0.25, 0.3) is 5.91 Å². The number of methoxy groups -OCH3 is 1. The molecule has 1 aliphatic heterocycles. The molecule has 6 nitrogen and oxygen atoms in total. The van der Waals surface area contributed by atoms with Gasteiger partial charge in [-0.25, -0.2) is 4.98 Å². The molecule has 1 atom stereocenters. The monoisotopic (exact) mass is 434 g/mol. The molecule has 7 heteroatoms. The van der Waals surface area contributed by atoms with Crippen molar-refractivity contribution in [1.29, 1.82) is 0 Å². The SMILES string of the molecule is COc1ncccc1C1C(C(=O)C(C)C)=C(O)C(=O)N1c1ccc(-c2ccsc2)cc1. The van der Waals surface area contributed by atoms with Gasteiger partial charge in [-0.05, 0) is 52.2 Å². The fraction of sp³-hybridized carbons (Fsp3) is 0.208. The van der Waals surface area contributed by atoms with Crippen LogP contribution in [-0.4, -0.2) is 28.9 Å². The van der Waals surface area contributed by atoms with Crippen molar-refractivity contribution in [3.63, 3.8) is 0 Å². The van der Waals surface area contributed by atoms with Crippen LogP contribution in [-0.2, 0) is 9.59 Å². The molecule has 0 aliphatic carbocycles. The van der Waals surface area contributed by atoms with Gasteiger partial charge in [0, 0.05) is 23.4 Å². The lowest BCUT2D eigenvalue weighted by Gasteiger charge is -2.28. The number of aromatic nitrogens is 1. The molecule has 158 valence electrons. The minimum atomic E-state index is -0.835.